The maximum atomic E-state index is 5.94. The third kappa shape index (κ3) is 19.3. The Morgan fingerprint density at radius 2 is 0.594 bits per heavy atom. The Morgan fingerprint density at radius 3 is 0.844 bits per heavy atom. The monoisotopic (exact) mass is 460 g/mol. The first-order valence-corrected chi connectivity index (χ1v) is 13.2. The van der Waals surface area contributed by atoms with Crippen LogP contribution in [0.15, 0.2) is 0 Å². The van der Waals surface area contributed by atoms with Crippen LogP contribution in [0, 0.1) is 35.5 Å². The van der Waals surface area contributed by atoms with Gasteiger partial charge in [0, 0.05) is 36.9 Å². The summed E-state index contributed by atoms with van der Waals surface area (Å²) in [5, 5.41) is 0. The Morgan fingerprint density at radius 1 is 0.344 bits per heavy atom. The van der Waals surface area contributed by atoms with Crippen LogP contribution in [0.5, 0.6) is 0 Å². The van der Waals surface area contributed by atoms with Gasteiger partial charge in [0.25, 0.3) is 0 Å². The second-order valence-corrected chi connectivity index (χ2v) is 10.3. The van der Waals surface area contributed by atoms with Gasteiger partial charge in [0.15, 0.2) is 0 Å². The van der Waals surface area contributed by atoms with E-state index in [4.69, 9.17) is 23.7 Å². The van der Waals surface area contributed by atoms with E-state index < -0.39 is 0 Å². The average Bonchev–Trinajstić information content (AvgIpc) is 2.77. The Bertz CT molecular complexity index is 392. The molecular weight excluding hydrogens is 404 g/mol. The SMILES string of the molecule is CCC(C)COCC(C)COCC(C)COCC(C)COCC(CC)COCC(C)CC. The van der Waals surface area contributed by atoms with Crippen molar-refractivity contribution in [3.05, 3.63) is 0 Å². The highest BCUT2D eigenvalue weighted by Gasteiger charge is 2.11. The third-order valence-corrected chi connectivity index (χ3v) is 5.90. The maximum absolute atomic E-state index is 5.94. The van der Waals surface area contributed by atoms with Crippen LogP contribution in [-0.4, -0.2) is 66.1 Å². The van der Waals surface area contributed by atoms with E-state index in [9.17, 15) is 0 Å². The van der Waals surface area contributed by atoms with Crippen molar-refractivity contribution in [3.63, 3.8) is 0 Å². The molecule has 5 heteroatoms. The summed E-state index contributed by atoms with van der Waals surface area (Å²) in [5.74, 6) is 2.96. The largest absolute Gasteiger partial charge is 0.381 e. The van der Waals surface area contributed by atoms with Crippen molar-refractivity contribution < 1.29 is 23.7 Å². The second-order valence-electron chi connectivity index (χ2n) is 10.3. The fourth-order valence-corrected chi connectivity index (χ4v) is 2.95. The smallest absolute Gasteiger partial charge is 0.0516 e. The lowest BCUT2D eigenvalue weighted by atomic mass is 10.1. The van der Waals surface area contributed by atoms with Crippen molar-refractivity contribution in [2.24, 2.45) is 35.5 Å². The first-order chi connectivity index (χ1) is 15.3. The maximum Gasteiger partial charge on any atom is 0.0516 e. The normalized spacial score (nSPS) is 17.6. The summed E-state index contributed by atoms with van der Waals surface area (Å²) in [5.41, 5.74) is 0. The van der Waals surface area contributed by atoms with Gasteiger partial charge in [-0.2, -0.15) is 0 Å². The average molecular weight is 461 g/mol. The van der Waals surface area contributed by atoms with E-state index in [0.29, 0.717) is 35.5 Å². The van der Waals surface area contributed by atoms with Crippen LogP contribution < -0.4 is 0 Å². The Hall–Kier alpha value is -0.200. The molecule has 0 aliphatic rings. The van der Waals surface area contributed by atoms with Gasteiger partial charge in [0.1, 0.15) is 0 Å². The molecule has 6 atom stereocenters. The molecule has 0 aromatic rings. The summed E-state index contributed by atoms with van der Waals surface area (Å²) >= 11 is 0. The lowest BCUT2D eigenvalue weighted by Gasteiger charge is -2.20. The Balaban J connectivity index is 3.69. The molecule has 0 aromatic heterocycles. The summed E-state index contributed by atoms with van der Waals surface area (Å²) in [6.07, 6.45) is 3.42. The topological polar surface area (TPSA) is 46.2 Å². The molecular formula is C27H56O5. The minimum atomic E-state index is 0.392. The highest BCUT2D eigenvalue weighted by Crippen LogP contribution is 2.09. The molecule has 0 N–H and O–H groups in total. The lowest BCUT2D eigenvalue weighted by molar-refractivity contribution is -0.0114. The van der Waals surface area contributed by atoms with E-state index in [-0.39, 0.29) is 0 Å². The first kappa shape index (κ1) is 31.8. The molecule has 194 valence electrons. The molecule has 0 saturated carbocycles. The molecule has 0 aliphatic carbocycles. The van der Waals surface area contributed by atoms with Crippen LogP contribution >= 0.6 is 0 Å². The zero-order chi connectivity index (χ0) is 24.2. The summed E-state index contributed by atoms with van der Waals surface area (Å²) < 4.78 is 29.3. The van der Waals surface area contributed by atoms with Crippen molar-refractivity contribution >= 4 is 0 Å². The fraction of sp³-hybridized carbons (Fsp3) is 1.00. The summed E-state index contributed by atoms with van der Waals surface area (Å²) in [6, 6.07) is 0. The van der Waals surface area contributed by atoms with Gasteiger partial charge in [-0.05, 0) is 18.3 Å². The van der Waals surface area contributed by atoms with Gasteiger partial charge in [-0.1, -0.05) is 68.2 Å². The highest BCUT2D eigenvalue weighted by atomic mass is 16.5. The van der Waals surface area contributed by atoms with Gasteiger partial charge in [-0.25, -0.2) is 0 Å². The predicted octanol–water partition coefficient (Wildman–Crippen LogP) is 6.10. The molecule has 5 nitrogen and oxygen atoms in total. The van der Waals surface area contributed by atoms with E-state index in [1.807, 2.05) is 0 Å². The van der Waals surface area contributed by atoms with Crippen LogP contribution in [0.3, 0.4) is 0 Å². The molecule has 0 saturated heterocycles. The minimum Gasteiger partial charge on any atom is -0.381 e. The van der Waals surface area contributed by atoms with Crippen LogP contribution in [0.25, 0.3) is 0 Å². The first-order valence-electron chi connectivity index (χ1n) is 13.2. The lowest BCUT2D eigenvalue weighted by Crippen LogP contribution is -2.22. The molecule has 0 fully saturated rings. The van der Waals surface area contributed by atoms with Gasteiger partial charge in [0.05, 0.1) is 52.9 Å². The summed E-state index contributed by atoms with van der Waals surface area (Å²) in [4.78, 5) is 0. The quantitative estimate of drug-likeness (QED) is 0.184. The molecule has 0 aliphatic heterocycles. The molecule has 0 spiro atoms. The van der Waals surface area contributed by atoms with Gasteiger partial charge >= 0.3 is 0 Å². The van der Waals surface area contributed by atoms with E-state index in [2.05, 4.69) is 55.4 Å². The number of hydrogen-bond donors (Lipinski definition) is 0. The minimum absolute atomic E-state index is 0.392. The van der Waals surface area contributed by atoms with Gasteiger partial charge in [-0.15, -0.1) is 0 Å². The van der Waals surface area contributed by atoms with Crippen molar-refractivity contribution in [2.75, 3.05) is 66.1 Å². The zero-order valence-electron chi connectivity index (χ0n) is 22.7. The third-order valence-electron chi connectivity index (χ3n) is 5.90. The second kappa shape index (κ2) is 21.3. The number of rotatable bonds is 23. The molecule has 0 heterocycles. The van der Waals surface area contributed by atoms with Gasteiger partial charge in [-0.3, -0.25) is 0 Å². The van der Waals surface area contributed by atoms with Crippen molar-refractivity contribution in [1.82, 2.24) is 0 Å². The van der Waals surface area contributed by atoms with E-state index in [1.54, 1.807) is 0 Å². The molecule has 0 radical (unpaired) electrons. The molecule has 0 amide bonds. The molecule has 0 bridgehead atoms. The molecule has 6 unspecified atom stereocenters. The Kier molecular flexibility index (Phi) is 21.2. The number of hydrogen-bond acceptors (Lipinski definition) is 5. The van der Waals surface area contributed by atoms with Gasteiger partial charge in [0.2, 0.25) is 0 Å². The Labute approximate surface area is 200 Å². The fourth-order valence-electron chi connectivity index (χ4n) is 2.95. The summed E-state index contributed by atoms with van der Waals surface area (Å²) in [7, 11) is 0. The van der Waals surface area contributed by atoms with Crippen molar-refractivity contribution in [2.45, 2.75) is 74.7 Å². The highest BCUT2D eigenvalue weighted by molar-refractivity contribution is 4.58. The van der Waals surface area contributed by atoms with E-state index in [1.165, 1.54) is 12.8 Å². The van der Waals surface area contributed by atoms with Crippen LogP contribution in [0.1, 0.15) is 74.7 Å². The molecule has 32 heavy (non-hydrogen) atoms. The van der Waals surface area contributed by atoms with Crippen molar-refractivity contribution in [3.8, 4) is 0 Å². The van der Waals surface area contributed by atoms with Crippen LogP contribution in [0.4, 0.5) is 0 Å². The van der Waals surface area contributed by atoms with E-state index in [0.717, 1.165) is 72.5 Å². The summed E-state index contributed by atoms with van der Waals surface area (Å²) in [6.45, 7) is 25.3. The van der Waals surface area contributed by atoms with Crippen molar-refractivity contribution in [1.29, 1.82) is 0 Å². The molecule has 0 aromatic carbocycles. The standard InChI is InChI=1S/C27H56O5/c1-9-22(4)12-28-14-24(6)15-29-16-25(7)17-30-18-26(8)19-32-21-27(11-3)20-31-13-23(5)10-2/h22-27H,9-21H2,1-8H3. The predicted molar refractivity (Wildman–Crippen MR) is 134 cm³/mol. The van der Waals surface area contributed by atoms with Gasteiger partial charge < -0.3 is 23.7 Å². The van der Waals surface area contributed by atoms with Crippen LogP contribution in [0.2, 0.25) is 0 Å². The zero-order valence-corrected chi connectivity index (χ0v) is 22.7. The van der Waals surface area contributed by atoms with E-state index >= 15 is 0 Å². The van der Waals surface area contributed by atoms with Crippen LogP contribution in [-0.2, 0) is 23.7 Å². The molecule has 0 rings (SSSR count). The number of ether oxygens (including phenoxy) is 5.